The summed E-state index contributed by atoms with van der Waals surface area (Å²) in [4.78, 5) is 24.0. The lowest BCUT2D eigenvalue weighted by atomic mass is 9.87. The molecule has 1 heterocycles. The number of anilines is 1. The molecular formula is C16H21N3O2. The van der Waals surface area contributed by atoms with Crippen molar-refractivity contribution in [1.29, 1.82) is 0 Å². The van der Waals surface area contributed by atoms with Crippen molar-refractivity contribution in [1.82, 2.24) is 9.13 Å². The third-order valence-electron chi connectivity index (χ3n) is 3.52. The lowest BCUT2D eigenvalue weighted by Gasteiger charge is -2.19. The van der Waals surface area contributed by atoms with Gasteiger partial charge in [0.05, 0.1) is 6.54 Å². The smallest absolute Gasteiger partial charge is 0.331 e. The SMILES string of the molecule is Cn1cc(N)c(=O)n(Cc2ccc(C(C)(C)C)cc2)c1=O. The average molecular weight is 287 g/mol. The van der Waals surface area contributed by atoms with Crippen molar-refractivity contribution in [3.8, 4) is 0 Å². The molecule has 0 aliphatic heterocycles. The Bertz CT molecular complexity index is 728. The summed E-state index contributed by atoms with van der Waals surface area (Å²) in [6.45, 7) is 6.64. The highest BCUT2D eigenvalue weighted by Gasteiger charge is 2.13. The molecule has 0 saturated carbocycles. The summed E-state index contributed by atoms with van der Waals surface area (Å²) in [5.74, 6) is 0. The maximum Gasteiger partial charge on any atom is 0.331 e. The van der Waals surface area contributed by atoms with Gasteiger partial charge in [0.25, 0.3) is 5.56 Å². The van der Waals surface area contributed by atoms with Crippen LogP contribution < -0.4 is 17.0 Å². The molecule has 0 bridgehead atoms. The zero-order valence-corrected chi connectivity index (χ0v) is 12.9. The highest BCUT2D eigenvalue weighted by molar-refractivity contribution is 5.32. The molecule has 2 N–H and O–H groups in total. The lowest BCUT2D eigenvalue weighted by Crippen LogP contribution is -2.39. The number of nitrogen functional groups attached to an aromatic ring is 1. The summed E-state index contributed by atoms with van der Waals surface area (Å²) in [7, 11) is 1.58. The fourth-order valence-electron chi connectivity index (χ4n) is 2.18. The number of aromatic nitrogens is 2. The van der Waals surface area contributed by atoms with Gasteiger partial charge in [-0.2, -0.15) is 0 Å². The van der Waals surface area contributed by atoms with E-state index in [1.165, 1.54) is 16.3 Å². The Kier molecular flexibility index (Phi) is 3.77. The summed E-state index contributed by atoms with van der Waals surface area (Å²) < 4.78 is 2.47. The van der Waals surface area contributed by atoms with E-state index in [0.29, 0.717) is 0 Å². The molecular weight excluding hydrogens is 266 g/mol. The number of hydrogen-bond acceptors (Lipinski definition) is 3. The topological polar surface area (TPSA) is 70.0 Å². The van der Waals surface area contributed by atoms with Gasteiger partial charge in [0.2, 0.25) is 0 Å². The summed E-state index contributed by atoms with van der Waals surface area (Å²) in [6, 6.07) is 7.93. The second-order valence-corrected chi connectivity index (χ2v) is 6.32. The molecule has 1 aromatic carbocycles. The zero-order valence-electron chi connectivity index (χ0n) is 12.9. The third-order valence-corrected chi connectivity index (χ3v) is 3.52. The molecule has 5 heteroatoms. The van der Waals surface area contributed by atoms with Crippen LogP contribution in [0.25, 0.3) is 0 Å². The summed E-state index contributed by atoms with van der Waals surface area (Å²) in [5, 5.41) is 0. The van der Waals surface area contributed by atoms with Crippen LogP contribution in [0.2, 0.25) is 0 Å². The van der Waals surface area contributed by atoms with E-state index in [-0.39, 0.29) is 23.3 Å². The molecule has 0 atom stereocenters. The maximum absolute atomic E-state index is 12.0. The fourth-order valence-corrected chi connectivity index (χ4v) is 2.18. The predicted octanol–water partition coefficient (Wildman–Crippen LogP) is 1.48. The minimum atomic E-state index is -0.446. The number of benzene rings is 1. The highest BCUT2D eigenvalue weighted by Crippen LogP contribution is 2.22. The Morgan fingerprint density at radius 2 is 1.67 bits per heavy atom. The van der Waals surface area contributed by atoms with Crippen LogP contribution in [0.1, 0.15) is 31.9 Å². The van der Waals surface area contributed by atoms with Crippen molar-refractivity contribution in [2.24, 2.45) is 7.05 Å². The molecule has 1 aromatic heterocycles. The number of hydrogen-bond donors (Lipinski definition) is 1. The minimum Gasteiger partial charge on any atom is -0.393 e. The van der Waals surface area contributed by atoms with Crippen molar-refractivity contribution in [3.63, 3.8) is 0 Å². The molecule has 0 aliphatic carbocycles. The van der Waals surface area contributed by atoms with Gasteiger partial charge in [-0.05, 0) is 16.5 Å². The molecule has 0 spiro atoms. The quantitative estimate of drug-likeness (QED) is 0.909. The van der Waals surface area contributed by atoms with Crippen LogP contribution >= 0.6 is 0 Å². The van der Waals surface area contributed by atoms with Crippen LogP contribution in [-0.4, -0.2) is 9.13 Å². The van der Waals surface area contributed by atoms with Crippen LogP contribution in [0.5, 0.6) is 0 Å². The van der Waals surface area contributed by atoms with Gasteiger partial charge in [-0.3, -0.25) is 9.36 Å². The second kappa shape index (κ2) is 5.24. The molecule has 0 amide bonds. The Labute approximate surface area is 123 Å². The molecule has 112 valence electrons. The summed E-state index contributed by atoms with van der Waals surface area (Å²) in [6.07, 6.45) is 1.35. The first-order valence-electron chi connectivity index (χ1n) is 6.85. The number of nitrogens with zero attached hydrogens (tertiary/aromatic N) is 2. The molecule has 0 unspecified atom stereocenters. The first-order chi connectivity index (χ1) is 9.70. The predicted molar refractivity (Wildman–Crippen MR) is 84.6 cm³/mol. The van der Waals surface area contributed by atoms with E-state index in [4.69, 9.17) is 5.73 Å². The number of nitrogens with two attached hydrogens (primary N) is 1. The maximum atomic E-state index is 12.0. The monoisotopic (exact) mass is 287 g/mol. The van der Waals surface area contributed by atoms with Crippen LogP contribution in [0, 0.1) is 0 Å². The van der Waals surface area contributed by atoms with Gasteiger partial charge in [-0.1, -0.05) is 45.0 Å². The molecule has 2 rings (SSSR count). The van der Waals surface area contributed by atoms with Crippen LogP contribution in [0.4, 0.5) is 5.69 Å². The van der Waals surface area contributed by atoms with E-state index >= 15 is 0 Å². The Hall–Kier alpha value is -2.30. The van der Waals surface area contributed by atoms with Crippen LogP contribution in [-0.2, 0) is 19.0 Å². The van der Waals surface area contributed by atoms with Gasteiger partial charge in [0, 0.05) is 13.2 Å². The van der Waals surface area contributed by atoms with E-state index in [1.807, 2.05) is 24.3 Å². The van der Waals surface area contributed by atoms with Gasteiger partial charge < -0.3 is 10.3 Å². The Balaban J connectivity index is 2.40. The molecule has 0 fully saturated rings. The first kappa shape index (κ1) is 15.1. The van der Waals surface area contributed by atoms with E-state index in [0.717, 1.165) is 10.1 Å². The third kappa shape index (κ3) is 3.07. The average Bonchev–Trinajstić information content (AvgIpc) is 2.41. The van der Waals surface area contributed by atoms with Crippen molar-refractivity contribution in [2.75, 3.05) is 5.73 Å². The van der Waals surface area contributed by atoms with E-state index < -0.39 is 5.56 Å². The van der Waals surface area contributed by atoms with Crippen molar-refractivity contribution >= 4 is 5.69 Å². The van der Waals surface area contributed by atoms with E-state index in [9.17, 15) is 9.59 Å². The second-order valence-electron chi connectivity index (χ2n) is 6.32. The zero-order chi connectivity index (χ0) is 15.8. The molecule has 2 aromatic rings. The molecule has 0 aliphatic rings. The van der Waals surface area contributed by atoms with Gasteiger partial charge in [0.1, 0.15) is 5.69 Å². The van der Waals surface area contributed by atoms with Crippen molar-refractivity contribution in [3.05, 3.63) is 62.4 Å². The lowest BCUT2D eigenvalue weighted by molar-refractivity contribution is 0.589. The molecule has 0 saturated heterocycles. The first-order valence-corrected chi connectivity index (χ1v) is 6.85. The van der Waals surface area contributed by atoms with Crippen molar-refractivity contribution < 1.29 is 0 Å². The van der Waals surface area contributed by atoms with Crippen LogP contribution in [0.15, 0.2) is 40.1 Å². The number of rotatable bonds is 2. The van der Waals surface area contributed by atoms with Gasteiger partial charge in [-0.15, -0.1) is 0 Å². The Morgan fingerprint density at radius 1 is 1.10 bits per heavy atom. The number of aryl methyl sites for hydroxylation is 1. The van der Waals surface area contributed by atoms with Gasteiger partial charge in [-0.25, -0.2) is 4.79 Å². The standard InChI is InChI=1S/C16H21N3O2/c1-16(2,3)12-7-5-11(6-8-12)9-19-14(20)13(17)10-18(4)15(19)21/h5-8,10H,9,17H2,1-4H3. The van der Waals surface area contributed by atoms with Crippen molar-refractivity contribution in [2.45, 2.75) is 32.7 Å². The summed E-state index contributed by atoms with van der Waals surface area (Å²) in [5.41, 5.74) is 7.07. The molecule has 21 heavy (non-hydrogen) atoms. The van der Waals surface area contributed by atoms with Crippen LogP contribution in [0.3, 0.4) is 0 Å². The van der Waals surface area contributed by atoms with Gasteiger partial charge >= 0.3 is 5.69 Å². The largest absolute Gasteiger partial charge is 0.393 e. The fraction of sp³-hybridized carbons (Fsp3) is 0.375. The van der Waals surface area contributed by atoms with E-state index in [1.54, 1.807) is 7.05 Å². The van der Waals surface area contributed by atoms with E-state index in [2.05, 4.69) is 20.8 Å². The normalized spacial score (nSPS) is 11.6. The Morgan fingerprint density at radius 3 is 2.19 bits per heavy atom. The minimum absolute atomic E-state index is 0.0721. The molecule has 5 nitrogen and oxygen atoms in total. The molecule has 0 radical (unpaired) electrons. The van der Waals surface area contributed by atoms with Gasteiger partial charge in [0.15, 0.2) is 0 Å². The summed E-state index contributed by atoms with van der Waals surface area (Å²) >= 11 is 0. The highest BCUT2D eigenvalue weighted by atomic mass is 16.2.